The van der Waals surface area contributed by atoms with Crippen molar-refractivity contribution in [3.05, 3.63) is 5.82 Å². The molecule has 2 rings (SSSR count). The number of nitrogens with one attached hydrogen (secondary N) is 1. The SMILES string of the molecule is O=C(O)[C@@H]1CCCCN1C(=O)c1nn[nH]n1. The highest BCUT2D eigenvalue weighted by Crippen LogP contribution is 2.18. The van der Waals surface area contributed by atoms with Crippen molar-refractivity contribution in [3.8, 4) is 0 Å². The summed E-state index contributed by atoms with van der Waals surface area (Å²) in [7, 11) is 0. The highest BCUT2D eigenvalue weighted by Gasteiger charge is 2.33. The topological polar surface area (TPSA) is 112 Å². The molecule has 1 atom stereocenters. The summed E-state index contributed by atoms with van der Waals surface area (Å²) < 4.78 is 0. The lowest BCUT2D eigenvalue weighted by Crippen LogP contribution is -2.48. The number of rotatable bonds is 2. The van der Waals surface area contributed by atoms with Crippen molar-refractivity contribution in [2.45, 2.75) is 25.3 Å². The molecule has 8 nitrogen and oxygen atoms in total. The summed E-state index contributed by atoms with van der Waals surface area (Å²) in [6.07, 6.45) is 2.08. The summed E-state index contributed by atoms with van der Waals surface area (Å²) in [5.41, 5.74) is 0. The van der Waals surface area contributed by atoms with Crippen LogP contribution in [0.3, 0.4) is 0 Å². The number of H-pyrrole nitrogens is 1. The van der Waals surface area contributed by atoms with Crippen LogP contribution in [0.1, 0.15) is 29.9 Å². The van der Waals surface area contributed by atoms with Gasteiger partial charge in [-0.3, -0.25) is 4.79 Å². The van der Waals surface area contributed by atoms with E-state index >= 15 is 0 Å². The number of carboxylic acids is 1. The zero-order valence-corrected chi connectivity index (χ0v) is 8.46. The maximum atomic E-state index is 11.9. The molecular weight excluding hydrogens is 214 g/mol. The van der Waals surface area contributed by atoms with Crippen LogP contribution in [0, 0.1) is 0 Å². The quantitative estimate of drug-likeness (QED) is 0.686. The average Bonchev–Trinajstić information content (AvgIpc) is 2.81. The van der Waals surface area contributed by atoms with Gasteiger partial charge in [0.2, 0.25) is 0 Å². The molecule has 0 unspecified atom stereocenters. The highest BCUT2D eigenvalue weighted by molar-refractivity contribution is 5.93. The van der Waals surface area contributed by atoms with Crippen LogP contribution in [0.15, 0.2) is 0 Å². The van der Waals surface area contributed by atoms with Crippen LogP contribution in [0.25, 0.3) is 0 Å². The molecule has 0 aliphatic carbocycles. The fraction of sp³-hybridized carbons (Fsp3) is 0.625. The number of aromatic nitrogens is 4. The van der Waals surface area contributed by atoms with Crippen molar-refractivity contribution in [1.29, 1.82) is 0 Å². The van der Waals surface area contributed by atoms with Crippen molar-refractivity contribution >= 4 is 11.9 Å². The van der Waals surface area contributed by atoms with E-state index in [0.29, 0.717) is 13.0 Å². The molecule has 1 aromatic rings. The molecular formula is C8H11N5O3. The Labute approximate surface area is 90.6 Å². The Hall–Kier alpha value is -1.99. The molecule has 86 valence electrons. The zero-order valence-electron chi connectivity index (χ0n) is 8.46. The van der Waals surface area contributed by atoms with E-state index in [4.69, 9.17) is 5.11 Å². The molecule has 0 aromatic carbocycles. The van der Waals surface area contributed by atoms with E-state index in [9.17, 15) is 9.59 Å². The number of carbonyl (C=O) groups excluding carboxylic acids is 1. The lowest BCUT2D eigenvalue weighted by atomic mass is 10.0. The van der Waals surface area contributed by atoms with Crippen LogP contribution >= 0.6 is 0 Å². The predicted molar refractivity (Wildman–Crippen MR) is 50.5 cm³/mol. The first-order valence-electron chi connectivity index (χ1n) is 4.97. The van der Waals surface area contributed by atoms with Gasteiger partial charge < -0.3 is 10.0 Å². The first-order chi connectivity index (χ1) is 7.70. The number of hydrogen-bond donors (Lipinski definition) is 2. The van der Waals surface area contributed by atoms with Gasteiger partial charge in [0.05, 0.1) is 0 Å². The van der Waals surface area contributed by atoms with E-state index in [1.54, 1.807) is 0 Å². The van der Waals surface area contributed by atoms with E-state index in [-0.39, 0.29) is 5.82 Å². The number of tetrazole rings is 1. The Balaban J connectivity index is 2.17. The van der Waals surface area contributed by atoms with E-state index in [1.165, 1.54) is 4.90 Å². The minimum absolute atomic E-state index is 0.0897. The Kier molecular flexibility index (Phi) is 2.80. The van der Waals surface area contributed by atoms with E-state index in [1.807, 2.05) is 0 Å². The van der Waals surface area contributed by atoms with Gasteiger partial charge in [-0.1, -0.05) is 0 Å². The van der Waals surface area contributed by atoms with Crippen LogP contribution in [-0.4, -0.2) is 55.1 Å². The third-order valence-corrected chi connectivity index (χ3v) is 2.59. The van der Waals surface area contributed by atoms with Crippen molar-refractivity contribution < 1.29 is 14.7 Å². The van der Waals surface area contributed by atoms with Crippen LogP contribution in [0.5, 0.6) is 0 Å². The molecule has 1 amide bonds. The molecule has 0 bridgehead atoms. The van der Waals surface area contributed by atoms with Gasteiger partial charge in [0.25, 0.3) is 11.7 Å². The Morgan fingerprint density at radius 2 is 2.25 bits per heavy atom. The van der Waals surface area contributed by atoms with Gasteiger partial charge in [-0.25, -0.2) is 4.79 Å². The number of nitrogens with zero attached hydrogens (tertiary/aromatic N) is 4. The van der Waals surface area contributed by atoms with Crippen molar-refractivity contribution in [3.63, 3.8) is 0 Å². The Morgan fingerprint density at radius 1 is 1.44 bits per heavy atom. The van der Waals surface area contributed by atoms with Gasteiger partial charge in [-0.15, -0.1) is 10.2 Å². The minimum atomic E-state index is -0.989. The van der Waals surface area contributed by atoms with E-state index in [2.05, 4.69) is 20.6 Å². The van der Waals surface area contributed by atoms with Gasteiger partial charge >= 0.3 is 5.97 Å². The number of aliphatic carboxylic acids is 1. The molecule has 2 heterocycles. The molecule has 1 fully saturated rings. The molecule has 1 aromatic heterocycles. The molecule has 0 spiro atoms. The number of aromatic amines is 1. The van der Waals surface area contributed by atoms with Gasteiger partial charge in [-0.2, -0.15) is 5.21 Å². The molecule has 8 heteroatoms. The largest absolute Gasteiger partial charge is 0.480 e. The first kappa shape index (κ1) is 10.5. The number of hydrogen-bond acceptors (Lipinski definition) is 5. The predicted octanol–water partition coefficient (Wildman–Crippen LogP) is -0.721. The van der Waals surface area contributed by atoms with Crippen LogP contribution < -0.4 is 0 Å². The van der Waals surface area contributed by atoms with Crippen molar-refractivity contribution in [1.82, 2.24) is 25.5 Å². The third-order valence-electron chi connectivity index (χ3n) is 2.59. The second-order valence-electron chi connectivity index (χ2n) is 3.58. The minimum Gasteiger partial charge on any atom is -0.480 e. The summed E-state index contributed by atoms with van der Waals surface area (Å²) >= 11 is 0. The molecule has 0 radical (unpaired) electrons. The van der Waals surface area contributed by atoms with Crippen LogP contribution in [0.2, 0.25) is 0 Å². The molecule has 1 aliphatic rings. The maximum absolute atomic E-state index is 11.9. The number of carbonyl (C=O) groups is 2. The third kappa shape index (κ3) is 1.86. The summed E-state index contributed by atoms with van der Waals surface area (Å²) in [6.45, 7) is 0.421. The molecule has 16 heavy (non-hydrogen) atoms. The van der Waals surface area contributed by atoms with E-state index in [0.717, 1.165) is 12.8 Å². The van der Waals surface area contributed by atoms with Gasteiger partial charge in [-0.05, 0) is 24.5 Å². The fourth-order valence-electron chi connectivity index (χ4n) is 1.81. The second kappa shape index (κ2) is 4.25. The summed E-state index contributed by atoms with van der Waals surface area (Å²) in [5.74, 6) is -1.56. The smallest absolute Gasteiger partial charge is 0.326 e. The number of likely N-dealkylation sites (tertiary alicyclic amines) is 1. The molecule has 1 saturated heterocycles. The normalized spacial score (nSPS) is 20.8. The molecule has 1 aliphatic heterocycles. The van der Waals surface area contributed by atoms with Gasteiger partial charge in [0.1, 0.15) is 6.04 Å². The molecule has 2 N–H and O–H groups in total. The summed E-state index contributed by atoms with van der Waals surface area (Å²) in [5, 5.41) is 21.5. The summed E-state index contributed by atoms with van der Waals surface area (Å²) in [4.78, 5) is 24.1. The monoisotopic (exact) mass is 225 g/mol. The first-order valence-corrected chi connectivity index (χ1v) is 4.97. The van der Waals surface area contributed by atoms with Crippen LogP contribution in [-0.2, 0) is 4.79 Å². The van der Waals surface area contributed by atoms with Crippen molar-refractivity contribution in [2.24, 2.45) is 0 Å². The lowest BCUT2D eigenvalue weighted by molar-refractivity contribution is -0.143. The maximum Gasteiger partial charge on any atom is 0.326 e. The van der Waals surface area contributed by atoms with Gasteiger partial charge in [0, 0.05) is 6.54 Å². The standard InChI is InChI=1S/C8H11N5O3/c14-7(6-9-11-12-10-6)13-4-2-1-3-5(13)8(15)16/h5H,1-4H2,(H,15,16)(H,9,10,11,12)/t5-/m0/s1. The number of amides is 1. The Morgan fingerprint density at radius 3 is 2.88 bits per heavy atom. The lowest BCUT2D eigenvalue weighted by Gasteiger charge is -2.31. The fourth-order valence-corrected chi connectivity index (χ4v) is 1.81. The zero-order chi connectivity index (χ0) is 11.5. The van der Waals surface area contributed by atoms with E-state index < -0.39 is 17.9 Å². The van der Waals surface area contributed by atoms with Crippen LogP contribution in [0.4, 0.5) is 0 Å². The van der Waals surface area contributed by atoms with Gasteiger partial charge in [0.15, 0.2) is 0 Å². The summed E-state index contributed by atoms with van der Waals surface area (Å²) in [6, 6.07) is -0.778. The average molecular weight is 225 g/mol. The molecule has 0 saturated carbocycles. The highest BCUT2D eigenvalue weighted by atomic mass is 16.4. The second-order valence-corrected chi connectivity index (χ2v) is 3.58. The number of carboxylic acid groups (broad SMARTS) is 1. The van der Waals surface area contributed by atoms with Crippen molar-refractivity contribution in [2.75, 3.05) is 6.54 Å². The number of piperidine rings is 1. The Bertz CT molecular complexity index is 390.